The second kappa shape index (κ2) is 5.99. The second-order valence-corrected chi connectivity index (χ2v) is 7.29. The van der Waals surface area contributed by atoms with Crippen LogP contribution < -0.4 is 5.49 Å². The number of H-pyrrole nitrogens is 1. The van der Waals surface area contributed by atoms with Gasteiger partial charge in [-0.25, -0.2) is 15.0 Å². The van der Waals surface area contributed by atoms with E-state index in [-0.39, 0.29) is 22.1 Å². The number of hydrogen-bond donors (Lipinski definition) is 4. The summed E-state index contributed by atoms with van der Waals surface area (Å²) in [5.41, 5.74) is 3.12. The van der Waals surface area contributed by atoms with Crippen LogP contribution in [-0.4, -0.2) is 34.7 Å². The number of hydrogen-bond acceptors (Lipinski definition) is 6. The maximum absolute atomic E-state index is 13.7. The first kappa shape index (κ1) is 18.0. The zero-order chi connectivity index (χ0) is 21.3. The van der Waals surface area contributed by atoms with Crippen LogP contribution in [-0.2, 0) is 0 Å². The van der Waals surface area contributed by atoms with Gasteiger partial charge < -0.3 is 15.2 Å². The summed E-state index contributed by atoms with van der Waals surface area (Å²) < 4.78 is 15.3. The van der Waals surface area contributed by atoms with Crippen LogP contribution in [0.3, 0.4) is 0 Å². The minimum absolute atomic E-state index is 0.0444. The van der Waals surface area contributed by atoms with Crippen LogP contribution in [0, 0.1) is 32.1 Å². The number of aromatic amines is 1. The molecule has 8 nitrogen and oxygen atoms in total. The predicted octanol–water partition coefficient (Wildman–Crippen LogP) is 3.41. The summed E-state index contributed by atoms with van der Waals surface area (Å²) >= 11 is 0. The minimum atomic E-state index is -0.721. The molecule has 0 aliphatic heterocycles. The Morgan fingerprint density at radius 1 is 1.10 bits per heavy atom. The van der Waals surface area contributed by atoms with E-state index < -0.39 is 11.8 Å². The molecule has 4 heterocycles. The van der Waals surface area contributed by atoms with Gasteiger partial charge in [0.1, 0.15) is 17.1 Å². The third-order valence-electron chi connectivity index (χ3n) is 5.37. The molecule has 0 aliphatic carbocycles. The summed E-state index contributed by atoms with van der Waals surface area (Å²) in [6.07, 6.45) is 1.34. The van der Waals surface area contributed by atoms with Crippen molar-refractivity contribution in [2.24, 2.45) is 0 Å². The quantitative estimate of drug-likeness (QED) is 0.319. The van der Waals surface area contributed by atoms with Crippen molar-refractivity contribution in [2.75, 3.05) is 0 Å². The van der Waals surface area contributed by atoms with E-state index in [0.29, 0.717) is 39.0 Å². The van der Waals surface area contributed by atoms with Crippen molar-refractivity contribution < 1.29 is 14.6 Å². The summed E-state index contributed by atoms with van der Waals surface area (Å²) in [4.78, 5) is 15.6. The number of pyridine rings is 1. The fourth-order valence-electron chi connectivity index (χ4n) is 4.01. The van der Waals surface area contributed by atoms with Gasteiger partial charge in [-0.3, -0.25) is 9.98 Å². The lowest BCUT2D eigenvalue weighted by molar-refractivity contribution is 0.462. The molecule has 1 aromatic carbocycles. The first-order chi connectivity index (χ1) is 14.3. The van der Waals surface area contributed by atoms with Crippen LogP contribution in [0.25, 0.3) is 38.5 Å². The Bertz CT molecular complexity index is 1580. The Kier molecular flexibility index (Phi) is 3.60. The fraction of sp³-hybridized carbons (Fsp3) is 0.143. The number of fused-ring (bicyclic) bond motifs is 2. The summed E-state index contributed by atoms with van der Waals surface area (Å²) in [6.45, 7) is 5.39. The topological polar surface area (TPSA) is 124 Å². The lowest BCUT2D eigenvalue weighted by Gasteiger charge is -2.14. The molecule has 4 aromatic heterocycles. The number of nitrogens with one attached hydrogen (secondary N) is 2. The van der Waals surface area contributed by atoms with E-state index >= 15 is 0 Å². The van der Waals surface area contributed by atoms with E-state index in [1.165, 1.54) is 6.20 Å². The van der Waals surface area contributed by atoms with Gasteiger partial charge in [-0.15, -0.1) is 0 Å². The molecule has 0 aliphatic rings. The number of aromatic nitrogens is 5. The number of rotatable bonds is 1. The first-order valence-corrected chi connectivity index (χ1v) is 9.21. The zero-order valence-electron chi connectivity index (χ0n) is 16.4. The van der Waals surface area contributed by atoms with Crippen molar-refractivity contribution >= 4 is 32.8 Å². The van der Waals surface area contributed by atoms with Crippen LogP contribution in [0.2, 0.25) is 0 Å². The monoisotopic (exact) mass is 404 g/mol. The smallest absolute Gasteiger partial charge is 0.223 e. The van der Waals surface area contributed by atoms with Crippen molar-refractivity contribution in [1.29, 1.82) is 5.41 Å². The minimum Gasteiger partial charge on any atom is -0.508 e. The lowest BCUT2D eigenvalue weighted by atomic mass is 10.1. The zero-order valence-corrected chi connectivity index (χ0v) is 16.4. The van der Waals surface area contributed by atoms with Crippen molar-refractivity contribution in [2.45, 2.75) is 20.8 Å². The third-order valence-corrected chi connectivity index (χ3v) is 5.37. The molecule has 9 heteroatoms. The Balaban J connectivity index is 2.12. The van der Waals surface area contributed by atoms with Crippen LogP contribution in [0.5, 0.6) is 11.6 Å². The van der Waals surface area contributed by atoms with Crippen molar-refractivity contribution in [3.8, 4) is 17.3 Å². The van der Waals surface area contributed by atoms with E-state index in [1.807, 2.05) is 6.92 Å². The largest absolute Gasteiger partial charge is 0.508 e. The molecule has 0 saturated heterocycles. The number of benzene rings is 1. The van der Waals surface area contributed by atoms with Gasteiger partial charge in [0.15, 0.2) is 5.65 Å². The molecule has 0 radical (unpaired) electrons. The van der Waals surface area contributed by atoms with Crippen LogP contribution in [0.1, 0.15) is 17.0 Å². The maximum atomic E-state index is 13.7. The Labute approximate surface area is 168 Å². The van der Waals surface area contributed by atoms with Gasteiger partial charge in [0.25, 0.3) is 0 Å². The number of aromatic hydroxyl groups is 2. The molecule has 5 aromatic rings. The number of nitrogens with zero attached hydrogens (tertiary/aromatic N) is 4. The number of halogens is 1. The maximum Gasteiger partial charge on any atom is 0.223 e. The molecular formula is C21H17FN6O2. The predicted molar refractivity (Wildman–Crippen MR) is 109 cm³/mol. The molecule has 0 spiro atoms. The highest BCUT2D eigenvalue weighted by atomic mass is 19.1. The standard InChI is InChI=1S/C21H17FN6O2/c1-8-4-5-13(29)9(2)18(8)28-19(23)16-15-17(25-10(3)26-20(15)28)11-7-24-14(22)6-12(11)27-21(16)30/h4-7,23,29-30H,1-3H3,(H,25,26). The highest BCUT2D eigenvalue weighted by molar-refractivity contribution is 6.16. The number of phenols is 1. The van der Waals surface area contributed by atoms with Gasteiger partial charge in [0.05, 0.1) is 27.5 Å². The normalized spacial score (nSPS) is 11.7. The van der Waals surface area contributed by atoms with Gasteiger partial charge in [0.2, 0.25) is 11.8 Å². The van der Waals surface area contributed by atoms with Crippen molar-refractivity contribution in [1.82, 2.24) is 24.5 Å². The first-order valence-electron chi connectivity index (χ1n) is 9.21. The SMILES string of the molecule is Cc1nc2c3c(c(O)nc4cc(F)ncc4c3[nH]1)c(=N)n2-c1c(C)ccc(O)c1C. The number of aryl methyl sites for hydroxylation is 2. The van der Waals surface area contributed by atoms with E-state index in [4.69, 9.17) is 5.41 Å². The summed E-state index contributed by atoms with van der Waals surface area (Å²) in [5.74, 6) is -0.493. The molecule has 0 fully saturated rings. The van der Waals surface area contributed by atoms with E-state index in [0.717, 1.165) is 11.6 Å². The van der Waals surface area contributed by atoms with Gasteiger partial charge >= 0.3 is 0 Å². The molecule has 150 valence electrons. The highest BCUT2D eigenvalue weighted by Gasteiger charge is 2.23. The van der Waals surface area contributed by atoms with Crippen molar-refractivity contribution in [3.05, 3.63) is 52.8 Å². The van der Waals surface area contributed by atoms with E-state index in [1.54, 1.807) is 30.5 Å². The van der Waals surface area contributed by atoms with E-state index in [2.05, 4.69) is 19.9 Å². The average molecular weight is 404 g/mol. The van der Waals surface area contributed by atoms with Crippen LogP contribution >= 0.6 is 0 Å². The molecule has 4 N–H and O–H groups in total. The molecule has 30 heavy (non-hydrogen) atoms. The Hall–Kier alpha value is -4.01. The van der Waals surface area contributed by atoms with Gasteiger partial charge in [-0.05, 0) is 32.4 Å². The van der Waals surface area contributed by atoms with E-state index in [9.17, 15) is 14.6 Å². The molecule has 5 rings (SSSR count). The van der Waals surface area contributed by atoms with Crippen LogP contribution in [0.4, 0.5) is 4.39 Å². The second-order valence-electron chi connectivity index (χ2n) is 7.29. The highest BCUT2D eigenvalue weighted by Crippen LogP contribution is 2.35. The average Bonchev–Trinajstić information content (AvgIpc) is 2.90. The lowest BCUT2D eigenvalue weighted by Crippen LogP contribution is -2.16. The number of phenolic OH excluding ortho intramolecular Hbond substituents is 1. The molecule has 0 bridgehead atoms. The van der Waals surface area contributed by atoms with Gasteiger partial charge in [-0.1, -0.05) is 6.07 Å². The molecule has 0 amide bonds. The summed E-state index contributed by atoms with van der Waals surface area (Å²) in [5, 5.41) is 31.0. The molecular weight excluding hydrogens is 387 g/mol. The molecule has 0 saturated carbocycles. The fourth-order valence-corrected chi connectivity index (χ4v) is 4.01. The Morgan fingerprint density at radius 3 is 2.63 bits per heavy atom. The molecule has 0 unspecified atom stereocenters. The van der Waals surface area contributed by atoms with Crippen molar-refractivity contribution in [3.63, 3.8) is 0 Å². The Morgan fingerprint density at radius 2 is 1.87 bits per heavy atom. The third kappa shape index (κ3) is 2.32. The summed E-state index contributed by atoms with van der Waals surface area (Å²) in [7, 11) is 0. The van der Waals surface area contributed by atoms with Gasteiger partial charge in [0, 0.05) is 23.2 Å². The van der Waals surface area contributed by atoms with Crippen LogP contribution in [0.15, 0.2) is 24.4 Å². The summed E-state index contributed by atoms with van der Waals surface area (Å²) in [6, 6.07) is 4.49. The molecule has 0 atom stereocenters. The van der Waals surface area contributed by atoms with Gasteiger partial charge in [-0.2, -0.15) is 4.39 Å².